The van der Waals surface area contributed by atoms with Crippen LogP contribution in [0, 0.1) is 0 Å². The Kier molecular flexibility index (Phi) is 24.7. The molecule has 0 saturated carbocycles. The number of carboxylic acid groups (broad SMARTS) is 3. The molecule has 0 aromatic heterocycles. The van der Waals surface area contributed by atoms with Crippen LogP contribution in [-0.4, -0.2) is 86.2 Å². The van der Waals surface area contributed by atoms with Gasteiger partial charge in [-0.2, -0.15) is 0 Å². The second-order valence-corrected chi connectivity index (χ2v) is 14.7. The molecule has 0 aliphatic carbocycles. The van der Waals surface area contributed by atoms with E-state index in [9.17, 15) is 44.1 Å². The van der Waals surface area contributed by atoms with Gasteiger partial charge >= 0.3 is 17.4 Å². The Bertz CT molecular complexity index is 916. The molecule has 0 amide bonds. The van der Waals surface area contributed by atoms with E-state index in [1.165, 1.54) is 0 Å². The minimum atomic E-state index is -1.35. The Hall–Kier alpha value is -2.17. The van der Waals surface area contributed by atoms with Gasteiger partial charge in [0.2, 0.25) is 0 Å². The average molecular weight is 715 g/mol. The van der Waals surface area contributed by atoms with Gasteiger partial charge in [0.15, 0.2) is 17.3 Å². The van der Waals surface area contributed by atoms with Crippen molar-refractivity contribution in [2.24, 2.45) is 0 Å². The van der Waals surface area contributed by atoms with Crippen LogP contribution < -0.4 is 15.3 Å². The van der Waals surface area contributed by atoms with Crippen molar-refractivity contribution in [1.82, 2.24) is 0 Å². The van der Waals surface area contributed by atoms with Gasteiger partial charge in [0.1, 0.15) is 16.8 Å². The molecule has 0 spiro atoms. The predicted octanol–water partition coefficient (Wildman–Crippen LogP) is 2.83. The van der Waals surface area contributed by atoms with Crippen molar-refractivity contribution < 1.29 is 58.3 Å². The van der Waals surface area contributed by atoms with E-state index in [4.69, 9.17) is 14.2 Å². The first-order valence-electron chi connectivity index (χ1n) is 16.8. The van der Waals surface area contributed by atoms with E-state index in [0.717, 1.165) is 0 Å². The largest absolute Gasteiger partial charge is 3.00 e. The molecule has 0 saturated heterocycles. The summed E-state index contributed by atoms with van der Waals surface area (Å²) in [6, 6.07) is 0. The molecule has 0 aliphatic heterocycles. The number of rotatable bonds is 18. The Balaban J connectivity index is -0.000000307. The third-order valence-electron chi connectivity index (χ3n) is 7.37. The van der Waals surface area contributed by atoms with Crippen molar-refractivity contribution >= 4 is 52.6 Å². The first-order chi connectivity index (χ1) is 21.5. The van der Waals surface area contributed by atoms with Gasteiger partial charge < -0.3 is 43.9 Å². The van der Waals surface area contributed by atoms with Crippen LogP contribution in [0.2, 0.25) is 0 Å². The molecule has 0 rings (SSSR count). The smallest absolute Gasteiger partial charge is 0.550 e. The van der Waals surface area contributed by atoms with Gasteiger partial charge in [0.25, 0.3) is 0 Å². The summed E-state index contributed by atoms with van der Waals surface area (Å²) < 4.78 is 17.2. The summed E-state index contributed by atoms with van der Waals surface area (Å²) in [6.07, 6.45) is 1.03. The maximum absolute atomic E-state index is 11.9. The minimum Gasteiger partial charge on any atom is -0.550 e. The van der Waals surface area contributed by atoms with Crippen LogP contribution in [0.3, 0.4) is 0 Å². The quantitative estimate of drug-likeness (QED) is 0.149. The summed E-state index contributed by atoms with van der Waals surface area (Å²) in [7, 11) is 0. The summed E-state index contributed by atoms with van der Waals surface area (Å²) in [4.78, 5) is 67.0. The molecule has 0 aromatic carbocycles. The number of ketones is 3. The number of hydrogen-bond acceptors (Lipinski definition) is 12. The fourth-order valence-electron chi connectivity index (χ4n) is 5.17. The fraction of sp³-hybridized carbons (Fsp3) is 0.833. The number of Topliss-reactive ketones (excluding diaryl/α,β-unsaturated/α-hetero) is 3. The first-order valence-corrected chi connectivity index (χ1v) is 16.8. The number of carbonyl (C=O) groups excluding carboxylic acids is 6. The van der Waals surface area contributed by atoms with E-state index in [-0.39, 0.29) is 17.4 Å². The number of carbonyl (C=O) groups is 6. The van der Waals surface area contributed by atoms with E-state index in [2.05, 4.69) is 0 Å². The zero-order chi connectivity index (χ0) is 38.9. The molecule has 0 radical (unpaired) electrons. The van der Waals surface area contributed by atoms with Crippen molar-refractivity contribution in [2.45, 2.75) is 195 Å². The average Bonchev–Trinajstić information content (AvgIpc) is 2.91. The predicted molar refractivity (Wildman–Crippen MR) is 182 cm³/mol. The summed E-state index contributed by atoms with van der Waals surface area (Å²) in [5, 5.41) is 31.4. The van der Waals surface area contributed by atoms with Gasteiger partial charge in [-0.25, -0.2) is 0 Å². The second kappa shape index (κ2) is 22.6. The molecule has 13 heteroatoms. The van der Waals surface area contributed by atoms with Crippen molar-refractivity contribution in [3.63, 3.8) is 0 Å². The fourth-order valence-corrected chi connectivity index (χ4v) is 5.17. The molecule has 12 nitrogen and oxygen atoms in total. The molecule has 0 heterocycles. The maximum Gasteiger partial charge on any atom is 3.00 e. The molecule has 0 unspecified atom stereocenters. The molecule has 49 heavy (non-hydrogen) atoms. The molecular formula is C36H63AlO12. The van der Waals surface area contributed by atoms with Crippen molar-refractivity contribution in [3.05, 3.63) is 0 Å². The van der Waals surface area contributed by atoms with E-state index >= 15 is 0 Å². The van der Waals surface area contributed by atoms with Gasteiger partial charge in [0.05, 0.1) is 16.8 Å². The topological polar surface area (TPSA) is 199 Å². The normalized spacial score (nSPS) is 12.3. The summed E-state index contributed by atoms with van der Waals surface area (Å²) in [5.41, 5.74) is -4.44. The van der Waals surface area contributed by atoms with Crippen molar-refractivity contribution in [3.8, 4) is 0 Å². The molecule has 0 aromatic rings. The summed E-state index contributed by atoms with van der Waals surface area (Å²) >= 11 is 0. The van der Waals surface area contributed by atoms with E-state index in [0.29, 0.717) is 38.5 Å². The molecule has 0 bridgehead atoms. The first kappa shape index (κ1) is 53.6. The van der Waals surface area contributed by atoms with Crippen LogP contribution in [0.1, 0.15) is 162 Å². The van der Waals surface area contributed by atoms with Crippen LogP contribution >= 0.6 is 0 Å². The van der Waals surface area contributed by atoms with E-state index in [1.807, 2.05) is 104 Å². The molecule has 282 valence electrons. The minimum absolute atomic E-state index is 0. The van der Waals surface area contributed by atoms with Crippen LogP contribution in [0.5, 0.6) is 0 Å². The molecule has 0 N–H and O–H groups in total. The van der Waals surface area contributed by atoms with Crippen LogP contribution in [0.15, 0.2) is 0 Å². The molecular weight excluding hydrogens is 651 g/mol. The van der Waals surface area contributed by atoms with Crippen LogP contribution in [0.4, 0.5) is 0 Å². The van der Waals surface area contributed by atoms with Crippen molar-refractivity contribution in [1.29, 1.82) is 0 Å². The standard InChI is InChI=1S/3C12H22O4.Al/c3*1-6-12(7-2,16-11(3,4)5)9(13)8-10(14)15;/h3*6-8H2,1-5H3,(H,14,15);/q;;;+3/p-3. The molecule has 0 aliphatic rings. The maximum atomic E-state index is 11.9. The third kappa shape index (κ3) is 21.6. The zero-order valence-electron chi connectivity index (χ0n) is 32.8. The SMILES string of the molecule is CCC(CC)(OC(C)(C)C)C(=O)CC(=O)[O-].CCC(CC)(OC(C)(C)C)C(=O)CC(=O)[O-].CCC(CC)(OC(C)(C)C)C(=O)CC(=O)[O-].[Al+3]. The number of carboxylic acids is 3. The summed E-state index contributed by atoms with van der Waals surface area (Å²) in [6.45, 7) is 27.6. The Labute approximate surface area is 305 Å². The monoisotopic (exact) mass is 714 g/mol. The summed E-state index contributed by atoms with van der Waals surface area (Å²) in [5.74, 6) is -5.29. The van der Waals surface area contributed by atoms with Crippen LogP contribution in [0.25, 0.3) is 0 Å². The Morgan fingerprint density at radius 1 is 0.388 bits per heavy atom. The Morgan fingerprint density at radius 3 is 0.612 bits per heavy atom. The second-order valence-electron chi connectivity index (χ2n) is 14.7. The molecule has 0 fully saturated rings. The van der Waals surface area contributed by atoms with Gasteiger partial charge in [0, 0.05) is 37.2 Å². The van der Waals surface area contributed by atoms with Crippen LogP contribution in [-0.2, 0) is 43.0 Å². The van der Waals surface area contributed by atoms with Gasteiger partial charge in [-0.05, 0) is 101 Å². The van der Waals surface area contributed by atoms with Gasteiger partial charge in [-0.1, -0.05) is 41.5 Å². The Morgan fingerprint density at radius 2 is 0.531 bits per heavy atom. The number of hydrogen-bond donors (Lipinski definition) is 0. The van der Waals surface area contributed by atoms with Gasteiger partial charge in [-0.3, -0.25) is 14.4 Å². The van der Waals surface area contributed by atoms with E-state index < -0.39 is 88.1 Å². The molecule has 0 atom stereocenters. The number of ether oxygens (including phenoxy) is 3. The zero-order valence-corrected chi connectivity index (χ0v) is 34.0. The van der Waals surface area contributed by atoms with Crippen molar-refractivity contribution in [2.75, 3.05) is 0 Å². The van der Waals surface area contributed by atoms with Gasteiger partial charge in [-0.15, -0.1) is 0 Å². The van der Waals surface area contributed by atoms with E-state index in [1.54, 1.807) is 0 Å². The third-order valence-corrected chi connectivity index (χ3v) is 7.37. The number of aliphatic carboxylic acids is 3.